The normalized spacial score (nSPS) is 12.0. The fourth-order valence-corrected chi connectivity index (χ4v) is 3.59. The summed E-state index contributed by atoms with van der Waals surface area (Å²) in [7, 11) is 0. The molecule has 4 nitrogen and oxygen atoms in total. The number of anilines is 1. The van der Waals surface area contributed by atoms with Gasteiger partial charge in [0.25, 0.3) is 0 Å². The fraction of sp³-hybridized carbons (Fsp3) is 0.278. The highest BCUT2D eigenvalue weighted by atomic mass is 32.1. The average molecular weight is 324 g/mol. The summed E-state index contributed by atoms with van der Waals surface area (Å²) in [5, 5.41) is 5.61. The molecule has 1 aromatic carbocycles. The molecule has 2 heterocycles. The van der Waals surface area contributed by atoms with Crippen LogP contribution in [0.2, 0.25) is 0 Å². The van der Waals surface area contributed by atoms with E-state index in [1.165, 1.54) is 21.6 Å². The van der Waals surface area contributed by atoms with Gasteiger partial charge in [-0.3, -0.25) is 5.43 Å². The van der Waals surface area contributed by atoms with Crippen LogP contribution < -0.4 is 5.43 Å². The van der Waals surface area contributed by atoms with Gasteiger partial charge in [-0.25, -0.2) is 9.97 Å². The zero-order valence-electron chi connectivity index (χ0n) is 14.1. The highest BCUT2D eigenvalue weighted by molar-refractivity contribution is 7.18. The van der Waals surface area contributed by atoms with Crippen molar-refractivity contribution in [2.24, 2.45) is 5.10 Å². The van der Waals surface area contributed by atoms with E-state index in [0.717, 1.165) is 27.3 Å². The van der Waals surface area contributed by atoms with E-state index < -0.39 is 0 Å². The van der Waals surface area contributed by atoms with Crippen molar-refractivity contribution in [3.63, 3.8) is 0 Å². The Labute approximate surface area is 140 Å². The fourth-order valence-electron chi connectivity index (χ4n) is 2.59. The molecule has 23 heavy (non-hydrogen) atoms. The first kappa shape index (κ1) is 15.6. The third-order valence-electron chi connectivity index (χ3n) is 4.08. The molecule has 5 heteroatoms. The lowest BCUT2D eigenvalue weighted by Crippen LogP contribution is -2.03. The summed E-state index contributed by atoms with van der Waals surface area (Å²) in [6.45, 7) is 10.4. The van der Waals surface area contributed by atoms with E-state index in [4.69, 9.17) is 0 Å². The topological polar surface area (TPSA) is 50.2 Å². The van der Waals surface area contributed by atoms with Gasteiger partial charge in [0.1, 0.15) is 11.2 Å². The predicted octanol–water partition coefficient (Wildman–Crippen LogP) is 4.76. The Hall–Kier alpha value is -2.27. The molecule has 1 N–H and O–H groups in total. The Morgan fingerprint density at radius 3 is 2.70 bits per heavy atom. The summed E-state index contributed by atoms with van der Waals surface area (Å²) < 4.78 is 0. The van der Waals surface area contributed by atoms with Gasteiger partial charge in [0.05, 0.1) is 11.1 Å². The molecule has 0 saturated carbocycles. The van der Waals surface area contributed by atoms with Crippen molar-refractivity contribution in [3.8, 4) is 0 Å². The first-order chi connectivity index (χ1) is 11.0. The third kappa shape index (κ3) is 2.97. The number of benzene rings is 1. The second-order valence-electron chi connectivity index (χ2n) is 5.81. The van der Waals surface area contributed by atoms with Crippen LogP contribution in [0.5, 0.6) is 0 Å². The molecule has 0 bridgehead atoms. The largest absolute Gasteiger partial charge is 0.260 e. The molecule has 0 aliphatic carbocycles. The number of thiophene rings is 1. The minimum absolute atomic E-state index is 0.765. The first-order valence-electron chi connectivity index (χ1n) is 7.56. The van der Waals surface area contributed by atoms with Crippen molar-refractivity contribution in [2.75, 3.05) is 5.43 Å². The van der Waals surface area contributed by atoms with Crippen molar-refractivity contribution >= 4 is 33.1 Å². The lowest BCUT2D eigenvalue weighted by Gasteiger charge is -2.08. The molecule has 3 aromatic rings. The maximum atomic E-state index is 4.55. The molecule has 2 aromatic heterocycles. The Balaban J connectivity index is 1.98. The maximum absolute atomic E-state index is 4.55. The highest BCUT2D eigenvalue weighted by Crippen LogP contribution is 2.32. The van der Waals surface area contributed by atoms with Crippen LogP contribution in [0, 0.1) is 27.7 Å². The van der Waals surface area contributed by atoms with E-state index >= 15 is 0 Å². The van der Waals surface area contributed by atoms with Gasteiger partial charge >= 0.3 is 0 Å². The Bertz CT molecular complexity index is 909. The number of rotatable bonds is 3. The van der Waals surface area contributed by atoms with Crippen molar-refractivity contribution in [1.29, 1.82) is 0 Å². The molecule has 3 rings (SSSR count). The molecular weight excluding hydrogens is 304 g/mol. The van der Waals surface area contributed by atoms with Crippen LogP contribution in [0.15, 0.2) is 29.6 Å². The highest BCUT2D eigenvalue weighted by Gasteiger charge is 2.11. The Morgan fingerprint density at radius 2 is 1.91 bits per heavy atom. The molecule has 0 fully saturated rings. The van der Waals surface area contributed by atoms with Crippen molar-refractivity contribution in [2.45, 2.75) is 34.6 Å². The van der Waals surface area contributed by atoms with Crippen LogP contribution >= 0.6 is 11.3 Å². The number of nitrogens with one attached hydrogen (secondary N) is 1. The third-order valence-corrected chi connectivity index (χ3v) is 5.19. The Morgan fingerprint density at radius 1 is 1.13 bits per heavy atom. The summed E-state index contributed by atoms with van der Waals surface area (Å²) in [5.74, 6) is 0.765. The molecule has 0 spiro atoms. The molecule has 0 saturated heterocycles. The molecule has 0 atom stereocenters. The molecular formula is C18H20N4S. The lowest BCUT2D eigenvalue weighted by molar-refractivity contribution is 1.18. The molecule has 0 aliphatic rings. The summed E-state index contributed by atoms with van der Waals surface area (Å²) in [6.07, 6.45) is 1.59. The number of aromatic nitrogens is 2. The molecule has 118 valence electrons. The van der Waals surface area contributed by atoms with Crippen LogP contribution in [0.1, 0.15) is 34.1 Å². The van der Waals surface area contributed by atoms with Gasteiger partial charge in [0.15, 0.2) is 5.82 Å². The first-order valence-corrected chi connectivity index (χ1v) is 8.37. The summed E-state index contributed by atoms with van der Waals surface area (Å²) >= 11 is 1.69. The standard InChI is InChI=1S/C18H20N4S/c1-10-6-7-11(2)15(8-10)13(4)21-22-17-16-12(3)14(5)23-18(16)20-9-19-17/h6-9H,1-5H3,(H,19,20,22)/b21-13-. The SMILES string of the molecule is C/C(=N/Nc1ncnc2sc(C)c(C)c12)c1cc(C)ccc1C. The summed E-state index contributed by atoms with van der Waals surface area (Å²) in [5.41, 5.74) is 8.89. The average Bonchev–Trinajstić information content (AvgIpc) is 2.82. The van der Waals surface area contributed by atoms with Crippen molar-refractivity contribution < 1.29 is 0 Å². The van der Waals surface area contributed by atoms with E-state index in [0.29, 0.717) is 0 Å². The molecule has 0 radical (unpaired) electrons. The van der Waals surface area contributed by atoms with Crippen molar-refractivity contribution in [3.05, 3.63) is 51.7 Å². The summed E-state index contributed by atoms with van der Waals surface area (Å²) in [6, 6.07) is 6.40. The van der Waals surface area contributed by atoms with Gasteiger partial charge in [-0.2, -0.15) is 5.10 Å². The van der Waals surface area contributed by atoms with Gasteiger partial charge in [-0.05, 0) is 51.8 Å². The van der Waals surface area contributed by atoms with E-state index in [9.17, 15) is 0 Å². The number of fused-ring (bicyclic) bond motifs is 1. The quantitative estimate of drug-likeness (QED) is 0.558. The van der Waals surface area contributed by atoms with Crippen LogP contribution in [0.25, 0.3) is 10.2 Å². The number of hydrogen-bond donors (Lipinski definition) is 1. The minimum atomic E-state index is 0.765. The van der Waals surface area contributed by atoms with E-state index in [1.54, 1.807) is 17.7 Å². The van der Waals surface area contributed by atoms with E-state index in [1.807, 2.05) is 6.92 Å². The van der Waals surface area contributed by atoms with Gasteiger partial charge in [-0.15, -0.1) is 11.3 Å². The second-order valence-corrected chi connectivity index (χ2v) is 7.02. The van der Waals surface area contributed by atoms with Crippen LogP contribution in [0.3, 0.4) is 0 Å². The monoisotopic (exact) mass is 324 g/mol. The van der Waals surface area contributed by atoms with E-state index in [2.05, 4.69) is 66.4 Å². The van der Waals surface area contributed by atoms with Gasteiger partial charge in [-0.1, -0.05) is 17.7 Å². The zero-order valence-corrected chi connectivity index (χ0v) is 14.9. The van der Waals surface area contributed by atoms with Crippen LogP contribution in [-0.2, 0) is 0 Å². The molecule has 0 amide bonds. The van der Waals surface area contributed by atoms with Crippen LogP contribution in [0.4, 0.5) is 5.82 Å². The smallest absolute Gasteiger partial charge is 0.158 e. The molecule has 0 unspecified atom stereocenters. The molecule has 0 aliphatic heterocycles. The lowest BCUT2D eigenvalue weighted by atomic mass is 10.0. The summed E-state index contributed by atoms with van der Waals surface area (Å²) in [4.78, 5) is 11.0. The van der Waals surface area contributed by atoms with Gasteiger partial charge in [0.2, 0.25) is 0 Å². The Kier molecular flexibility index (Phi) is 4.13. The van der Waals surface area contributed by atoms with Crippen LogP contribution in [-0.4, -0.2) is 15.7 Å². The second kappa shape index (κ2) is 6.08. The maximum Gasteiger partial charge on any atom is 0.158 e. The number of hydrogen-bond acceptors (Lipinski definition) is 5. The van der Waals surface area contributed by atoms with Gasteiger partial charge < -0.3 is 0 Å². The predicted molar refractivity (Wildman–Crippen MR) is 98.6 cm³/mol. The minimum Gasteiger partial charge on any atom is -0.260 e. The van der Waals surface area contributed by atoms with Gasteiger partial charge in [0, 0.05) is 10.4 Å². The van der Waals surface area contributed by atoms with Crippen molar-refractivity contribution in [1.82, 2.24) is 9.97 Å². The zero-order chi connectivity index (χ0) is 16.6. The number of hydrazone groups is 1. The van der Waals surface area contributed by atoms with E-state index in [-0.39, 0.29) is 0 Å². The number of nitrogens with zero attached hydrogens (tertiary/aromatic N) is 3. The number of aryl methyl sites for hydroxylation is 4.